The number of anilines is 1. The van der Waals surface area contributed by atoms with Gasteiger partial charge in [-0.25, -0.2) is 4.98 Å². The van der Waals surface area contributed by atoms with Crippen LogP contribution in [0.2, 0.25) is 5.02 Å². The van der Waals surface area contributed by atoms with E-state index in [1.807, 2.05) is 61.5 Å². The maximum atomic E-state index is 6.28. The van der Waals surface area contributed by atoms with Gasteiger partial charge in [0.1, 0.15) is 5.01 Å². The molecule has 0 bridgehead atoms. The maximum Gasteiger partial charge on any atom is 0.117 e. The smallest absolute Gasteiger partial charge is 0.117 e. The normalized spacial score (nSPS) is 11.4. The second-order valence-electron chi connectivity index (χ2n) is 4.96. The van der Waals surface area contributed by atoms with Gasteiger partial charge in [0.15, 0.2) is 0 Å². The highest BCUT2D eigenvalue weighted by atomic mass is 35.5. The Morgan fingerprint density at radius 2 is 1.90 bits per heavy atom. The third kappa shape index (κ3) is 3.09. The number of aromatic nitrogens is 1. The minimum absolute atomic E-state index is 0.756. The molecule has 0 unspecified atom stereocenters. The second kappa shape index (κ2) is 5.88. The average molecular weight is 315 g/mol. The van der Waals surface area contributed by atoms with Gasteiger partial charge in [-0.3, -0.25) is 0 Å². The summed E-state index contributed by atoms with van der Waals surface area (Å²) in [5.74, 6) is 0. The molecule has 0 aliphatic rings. The molecule has 106 valence electrons. The van der Waals surface area contributed by atoms with Crippen LogP contribution < -0.4 is 4.90 Å². The molecule has 0 saturated carbocycles. The lowest BCUT2D eigenvalue weighted by atomic mass is 10.2. The van der Waals surface area contributed by atoms with E-state index in [0.29, 0.717) is 0 Å². The zero-order chi connectivity index (χ0) is 14.8. The number of nitrogens with zero attached hydrogens (tertiary/aromatic N) is 2. The first-order valence-electron chi connectivity index (χ1n) is 6.64. The van der Waals surface area contributed by atoms with Crippen LogP contribution in [0.1, 0.15) is 10.6 Å². The number of para-hydroxylation sites is 1. The molecule has 0 amide bonds. The molecule has 0 aliphatic heterocycles. The van der Waals surface area contributed by atoms with Crippen LogP contribution in [0.3, 0.4) is 0 Å². The fourth-order valence-corrected chi connectivity index (χ4v) is 3.35. The molecular weight excluding hydrogens is 300 g/mol. The van der Waals surface area contributed by atoms with Crippen molar-refractivity contribution in [3.8, 4) is 0 Å². The second-order valence-corrected chi connectivity index (χ2v) is 6.43. The molecule has 21 heavy (non-hydrogen) atoms. The Morgan fingerprint density at radius 3 is 2.62 bits per heavy atom. The van der Waals surface area contributed by atoms with Gasteiger partial charge >= 0.3 is 0 Å². The summed E-state index contributed by atoms with van der Waals surface area (Å²) in [6.45, 7) is 0. The average Bonchev–Trinajstić information content (AvgIpc) is 2.87. The Kier molecular flexibility index (Phi) is 3.95. The van der Waals surface area contributed by atoms with Gasteiger partial charge in [0, 0.05) is 14.1 Å². The first-order chi connectivity index (χ1) is 10.1. The van der Waals surface area contributed by atoms with E-state index in [4.69, 9.17) is 11.6 Å². The molecule has 0 fully saturated rings. The zero-order valence-electron chi connectivity index (χ0n) is 11.9. The van der Waals surface area contributed by atoms with Crippen molar-refractivity contribution >= 4 is 51.0 Å². The molecule has 3 aromatic rings. The molecule has 2 nitrogen and oxygen atoms in total. The predicted octanol–water partition coefficient (Wildman–Crippen LogP) is 5.19. The topological polar surface area (TPSA) is 16.1 Å². The first kappa shape index (κ1) is 14.1. The van der Waals surface area contributed by atoms with Crippen LogP contribution in [-0.4, -0.2) is 19.1 Å². The zero-order valence-corrected chi connectivity index (χ0v) is 13.4. The van der Waals surface area contributed by atoms with E-state index in [1.54, 1.807) is 11.3 Å². The van der Waals surface area contributed by atoms with Gasteiger partial charge in [-0.15, -0.1) is 11.3 Å². The summed E-state index contributed by atoms with van der Waals surface area (Å²) in [5.41, 5.74) is 3.14. The lowest BCUT2D eigenvalue weighted by Gasteiger charge is -2.14. The molecule has 2 aromatic carbocycles. The highest BCUT2D eigenvalue weighted by Gasteiger charge is 2.03. The van der Waals surface area contributed by atoms with Crippen molar-refractivity contribution in [2.45, 2.75) is 0 Å². The Labute approximate surface area is 133 Å². The number of benzene rings is 2. The molecule has 0 radical (unpaired) electrons. The lowest BCUT2D eigenvalue weighted by molar-refractivity contribution is 1.13. The Hall–Kier alpha value is -1.84. The summed E-state index contributed by atoms with van der Waals surface area (Å²) >= 11 is 7.97. The summed E-state index contributed by atoms with van der Waals surface area (Å²) in [5, 5.41) is 1.76. The molecule has 3 rings (SSSR count). The minimum Gasteiger partial charge on any atom is -0.376 e. The van der Waals surface area contributed by atoms with Crippen LogP contribution in [0.15, 0.2) is 42.5 Å². The lowest BCUT2D eigenvalue weighted by Crippen LogP contribution is -2.08. The quantitative estimate of drug-likeness (QED) is 0.661. The molecule has 0 aliphatic carbocycles. The van der Waals surface area contributed by atoms with Gasteiger partial charge < -0.3 is 4.90 Å². The van der Waals surface area contributed by atoms with Crippen LogP contribution in [0.25, 0.3) is 22.4 Å². The molecule has 1 heterocycles. The summed E-state index contributed by atoms with van der Waals surface area (Å²) in [6, 6.07) is 14.2. The number of rotatable bonds is 3. The van der Waals surface area contributed by atoms with E-state index in [0.717, 1.165) is 26.8 Å². The monoisotopic (exact) mass is 314 g/mol. The van der Waals surface area contributed by atoms with Crippen molar-refractivity contribution in [3.63, 3.8) is 0 Å². The molecule has 0 spiro atoms. The maximum absolute atomic E-state index is 6.28. The third-order valence-corrected chi connectivity index (χ3v) is 4.49. The van der Waals surface area contributed by atoms with E-state index in [2.05, 4.69) is 17.1 Å². The molecule has 1 aromatic heterocycles. The molecule has 0 saturated heterocycles. The highest BCUT2D eigenvalue weighted by molar-refractivity contribution is 7.19. The SMILES string of the molecule is CN(C)c1ccc(/C=C/c2nc3ccccc3s2)cc1Cl. The third-order valence-electron chi connectivity index (χ3n) is 3.18. The fraction of sp³-hybridized carbons (Fsp3) is 0.118. The number of hydrogen-bond acceptors (Lipinski definition) is 3. The van der Waals surface area contributed by atoms with E-state index < -0.39 is 0 Å². The molecular formula is C17H15ClN2S. The largest absolute Gasteiger partial charge is 0.376 e. The van der Waals surface area contributed by atoms with Crippen molar-refractivity contribution in [1.82, 2.24) is 4.98 Å². The Morgan fingerprint density at radius 1 is 1.10 bits per heavy atom. The van der Waals surface area contributed by atoms with Gasteiger partial charge in [-0.05, 0) is 35.9 Å². The predicted molar refractivity (Wildman–Crippen MR) is 94.3 cm³/mol. The van der Waals surface area contributed by atoms with Gasteiger partial charge in [-0.2, -0.15) is 0 Å². The van der Waals surface area contributed by atoms with E-state index in [9.17, 15) is 0 Å². The first-order valence-corrected chi connectivity index (χ1v) is 7.83. The van der Waals surface area contributed by atoms with E-state index >= 15 is 0 Å². The van der Waals surface area contributed by atoms with Crippen LogP contribution in [0.5, 0.6) is 0 Å². The number of halogens is 1. The Bertz CT molecular complexity index is 772. The van der Waals surface area contributed by atoms with Crippen LogP contribution in [0.4, 0.5) is 5.69 Å². The van der Waals surface area contributed by atoms with Crippen LogP contribution in [-0.2, 0) is 0 Å². The van der Waals surface area contributed by atoms with Crippen molar-refractivity contribution < 1.29 is 0 Å². The highest BCUT2D eigenvalue weighted by Crippen LogP contribution is 2.27. The van der Waals surface area contributed by atoms with E-state index in [-0.39, 0.29) is 0 Å². The van der Waals surface area contributed by atoms with Crippen LogP contribution >= 0.6 is 22.9 Å². The summed E-state index contributed by atoms with van der Waals surface area (Å²) in [6.07, 6.45) is 4.08. The van der Waals surface area contributed by atoms with Crippen molar-refractivity contribution in [2.24, 2.45) is 0 Å². The van der Waals surface area contributed by atoms with E-state index in [1.165, 1.54) is 4.70 Å². The van der Waals surface area contributed by atoms with Crippen molar-refractivity contribution in [1.29, 1.82) is 0 Å². The van der Waals surface area contributed by atoms with Gasteiger partial charge in [0.25, 0.3) is 0 Å². The van der Waals surface area contributed by atoms with Gasteiger partial charge in [0.05, 0.1) is 20.9 Å². The Balaban J connectivity index is 1.87. The molecule has 0 N–H and O–H groups in total. The van der Waals surface area contributed by atoms with Crippen molar-refractivity contribution in [2.75, 3.05) is 19.0 Å². The van der Waals surface area contributed by atoms with Crippen molar-refractivity contribution in [3.05, 3.63) is 58.1 Å². The number of fused-ring (bicyclic) bond motifs is 1. The number of thiazole rings is 1. The van der Waals surface area contributed by atoms with Gasteiger partial charge in [-0.1, -0.05) is 35.9 Å². The summed E-state index contributed by atoms with van der Waals surface area (Å²) in [4.78, 5) is 6.59. The standard InChI is InChI=1S/C17H15ClN2S/c1-20(2)15-9-7-12(11-13(15)18)8-10-17-19-14-5-3-4-6-16(14)21-17/h3-11H,1-2H3/b10-8+. The number of hydrogen-bond donors (Lipinski definition) is 0. The van der Waals surface area contributed by atoms with Gasteiger partial charge in [0.2, 0.25) is 0 Å². The molecule has 0 atom stereocenters. The summed E-state index contributed by atoms with van der Waals surface area (Å²) in [7, 11) is 3.97. The molecule has 4 heteroatoms. The fourth-order valence-electron chi connectivity index (χ4n) is 2.12. The minimum atomic E-state index is 0.756. The summed E-state index contributed by atoms with van der Waals surface area (Å²) < 4.78 is 1.21. The van der Waals surface area contributed by atoms with Crippen LogP contribution in [0, 0.1) is 0 Å².